The molecule has 0 radical (unpaired) electrons. The molecule has 12 heavy (non-hydrogen) atoms. The van der Waals surface area contributed by atoms with Gasteiger partial charge in [-0.05, 0) is 18.9 Å². The zero-order chi connectivity index (χ0) is 8.81. The molecule has 0 bridgehead atoms. The first-order valence-electron chi connectivity index (χ1n) is 4.16. The van der Waals surface area contributed by atoms with Crippen LogP contribution in [0.4, 0.5) is 0 Å². The lowest BCUT2D eigenvalue weighted by atomic mass is 10.1. The summed E-state index contributed by atoms with van der Waals surface area (Å²) in [6.45, 7) is 5.77. The molecule has 1 rings (SSSR count). The predicted molar refractivity (Wildman–Crippen MR) is 54.1 cm³/mol. The summed E-state index contributed by atoms with van der Waals surface area (Å²) in [5, 5.41) is 0. The Labute approximate surface area is 74.2 Å². The maximum atomic E-state index is 3.70. The van der Waals surface area contributed by atoms with Crippen molar-refractivity contribution in [3.05, 3.63) is 60.2 Å². The fourth-order valence-electron chi connectivity index (χ4n) is 0.976. The Morgan fingerprint density at radius 1 is 1.33 bits per heavy atom. The fraction of sp³-hybridized carbons (Fsp3) is 0.167. The molecule has 0 nitrogen and oxygen atoms in total. The lowest BCUT2D eigenvalue weighted by molar-refractivity contribution is 1.24. The van der Waals surface area contributed by atoms with E-state index in [1.165, 1.54) is 11.1 Å². The Balaban J connectivity index is 2.60. The van der Waals surface area contributed by atoms with Gasteiger partial charge in [-0.3, -0.25) is 0 Å². The highest BCUT2D eigenvalue weighted by Crippen LogP contribution is 2.02. The van der Waals surface area contributed by atoms with Crippen molar-refractivity contribution in [3.63, 3.8) is 0 Å². The molecule has 0 aliphatic heterocycles. The monoisotopic (exact) mass is 158 g/mol. The van der Waals surface area contributed by atoms with Crippen LogP contribution in [0.3, 0.4) is 0 Å². The average Bonchev–Trinajstić information content (AvgIpc) is 2.16. The van der Waals surface area contributed by atoms with Crippen molar-refractivity contribution in [2.75, 3.05) is 0 Å². The van der Waals surface area contributed by atoms with Gasteiger partial charge in [0.2, 0.25) is 0 Å². The molecule has 0 N–H and O–H groups in total. The summed E-state index contributed by atoms with van der Waals surface area (Å²) in [6, 6.07) is 10.4. The van der Waals surface area contributed by atoms with Crippen LogP contribution < -0.4 is 0 Å². The van der Waals surface area contributed by atoms with Gasteiger partial charge in [0.1, 0.15) is 0 Å². The average molecular weight is 158 g/mol. The van der Waals surface area contributed by atoms with E-state index in [0.717, 1.165) is 6.42 Å². The molecule has 0 aliphatic carbocycles. The number of hydrogen-bond donors (Lipinski definition) is 0. The highest BCUT2D eigenvalue weighted by molar-refractivity contribution is 5.21. The second-order valence-electron chi connectivity index (χ2n) is 2.84. The van der Waals surface area contributed by atoms with E-state index in [0.29, 0.717) is 0 Å². The van der Waals surface area contributed by atoms with E-state index >= 15 is 0 Å². The molecule has 0 heterocycles. The first-order chi connectivity index (χ1) is 5.83. The second kappa shape index (κ2) is 4.55. The maximum absolute atomic E-state index is 3.70. The van der Waals surface area contributed by atoms with Gasteiger partial charge >= 0.3 is 0 Å². The van der Waals surface area contributed by atoms with Gasteiger partial charge in [-0.15, -0.1) is 0 Å². The quantitative estimate of drug-likeness (QED) is 0.592. The SMILES string of the molecule is C=C/C(C)=C\Cc1ccccc1. The van der Waals surface area contributed by atoms with Crippen molar-refractivity contribution in [1.82, 2.24) is 0 Å². The number of hydrogen-bond acceptors (Lipinski definition) is 0. The van der Waals surface area contributed by atoms with E-state index < -0.39 is 0 Å². The van der Waals surface area contributed by atoms with Crippen LogP contribution in [0.5, 0.6) is 0 Å². The van der Waals surface area contributed by atoms with Gasteiger partial charge in [0.05, 0.1) is 0 Å². The maximum Gasteiger partial charge on any atom is -0.00917 e. The van der Waals surface area contributed by atoms with Gasteiger partial charge < -0.3 is 0 Å². The fourth-order valence-corrected chi connectivity index (χ4v) is 0.976. The Bertz CT molecular complexity index is 267. The first kappa shape index (κ1) is 8.79. The van der Waals surface area contributed by atoms with Crippen LogP contribution in [-0.4, -0.2) is 0 Å². The molecule has 0 aromatic heterocycles. The van der Waals surface area contributed by atoms with Crippen molar-refractivity contribution in [2.24, 2.45) is 0 Å². The third kappa shape index (κ3) is 2.75. The summed E-state index contributed by atoms with van der Waals surface area (Å²) < 4.78 is 0. The molecule has 0 atom stereocenters. The Morgan fingerprint density at radius 3 is 2.58 bits per heavy atom. The van der Waals surface area contributed by atoms with E-state index in [2.05, 4.69) is 43.8 Å². The van der Waals surface area contributed by atoms with E-state index in [1.807, 2.05) is 12.1 Å². The van der Waals surface area contributed by atoms with Crippen LogP contribution in [0.2, 0.25) is 0 Å². The van der Waals surface area contributed by atoms with E-state index in [9.17, 15) is 0 Å². The molecule has 0 spiro atoms. The lowest BCUT2D eigenvalue weighted by Gasteiger charge is -1.95. The normalized spacial score (nSPS) is 11.2. The van der Waals surface area contributed by atoms with Crippen molar-refractivity contribution >= 4 is 0 Å². The Hall–Kier alpha value is -1.30. The van der Waals surface area contributed by atoms with E-state index in [-0.39, 0.29) is 0 Å². The van der Waals surface area contributed by atoms with Crippen molar-refractivity contribution < 1.29 is 0 Å². The van der Waals surface area contributed by atoms with Crippen LogP contribution in [0.1, 0.15) is 12.5 Å². The summed E-state index contributed by atoms with van der Waals surface area (Å²) in [5.74, 6) is 0. The highest BCUT2D eigenvalue weighted by Gasteiger charge is 1.86. The summed E-state index contributed by atoms with van der Waals surface area (Å²) in [4.78, 5) is 0. The summed E-state index contributed by atoms with van der Waals surface area (Å²) >= 11 is 0. The number of benzene rings is 1. The van der Waals surface area contributed by atoms with Crippen LogP contribution in [0, 0.1) is 0 Å². The molecule has 0 saturated carbocycles. The van der Waals surface area contributed by atoms with Crippen molar-refractivity contribution in [3.8, 4) is 0 Å². The zero-order valence-electron chi connectivity index (χ0n) is 7.46. The van der Waals surface area contributed by atoms with Crippen molar-refractivity contribution in [1.29, 1.82) is 0 Å². The largest absolute Gasteiger partial charge is 0.0988 e. The molecule has 0 fully saturated rings. The first-order valence-corrected chi connectivity index (χ1v) is 4.16. The van der Waals surface area contributed by atoms with Crippen LogP contribution in [-0.2, 0) is 6.42 Å². The van der Waals surface area contributed by atoms with Gasteiger partial charge in [0.15, 0.2) is 0 Å². The minimum atomic E-state index is 0.999. The molecule has 0 unspecified atom stereocenters. The molecule has 0 saturated heterocycles. The molecule has 0 amide bonds. The molecule has 0 aliphatic rings. The highest BCUT2D eigenvalue weighted by atomic mass is 13.9. The smallest absolute Gasteiger partial charge is 0.00917 e. The molecular formula is C12H14. The number of allylic oxidation sites excluding steroid dienone is 3. The third-order valence-corrected chi connectivity index (χ3v) is 1.82. The van der Waals surface area contributed by atoms with E-state index in [1.54, 1.807) is 0 Å². The zero-order valence-corrected chi connectivity index (χ0v) is 7.46. The minimum absolute atomic E-state index is 0.999. The Morgan fingerprint density at radius 2 is 2.00 bits per heavy atom. The summed E-state index contributed by atoms with van der Waals surface area (Å²) in [7, 11) is 0. The second-order valence-corrected chi connectivity index (χ2v) is 2.84. The van der Waals surface area contributed by atoms with Crippen LogP contribution in [0.15, 0.2) is 54.6 Å². The minimum Gasteiger partial charge on any atom is -0.0988 e. The molecule has 62 valence electrons. The standard InChI is InChI=1S/C12H14/c1-3-11(2)9-10-12-7-5-4-6-8-12/h3-9H,1,10H2,2H3/b11-9-. The molecular weight excluding hydrogens is 144 g/mol. The van der Waals surface area contributed by atoms with Gasteiger partial charge in [0, 0.05) is 0 Å². The Kier molecular flexibility index (Phi) is 3.34. The van der Waals surface area contributed by atoms with Gasteiger partial charge in [-0.1, -0.05) is 54.6 Å². The summed E-state index contributed by atoms with van der Waals surface area (Å²) in [6.07, 6.45) is 5.06. The van der Waals surface area contributed by atoms with Gasteiger partial charge in [-0.2, -0.15) is 0 Å². The summed E-state index contributed by atoms with van der Waals surface area (Å²) in [5.41, 5.74) is 2.58. The van der Waals surface area contributed by atoms with Gasteiger partial charge in [-0.25, -0.2) is 0 Å². The van der Waals surface area contributed by atoms with Crippen LogP contribution >= 0.6 is 0 Å². The molecule has 0 heteroatoms. The van der Waals surface area contributed by atoms with Crippen molar-refractivity contribution in [2.45, 2.75) is 13.3 Å². The van der Waals surface area contributed by atoms with E-state index in [4.69, 9.17) is 0 Å². The predicted octanol–water partition coefficient (Wildman–Crippen LogP) is 3.36. The van der Waals surface area contributed by atoms with Crippen LogP contribution in [0.25, 0.3) is 0 Å². The lowest BCUT2D eigenvalue weighted by Crippen LogP contribution is -1.79. The van der Waals surface area contributed by atoms with Gasteiger partial charge in [0.25, 0.3) is 0 Å². The topological polar surface area (TPSA) is 0 Å². The number of rotatable bonds is 3. The molecule has 1 aromatic rings. The third-order valence-electron chi connectivity index (χ3n) is 1.82. The molecule has 1 aromatic carbocycles.